The van der Waals surface area contributed by atoms with Gasteiger partial charge in [-0.05, 0) is 13.3 Å². The largest absolute Gasteiger partial charge is 0.379 e. The maximum absolute atomic E-state index is 10.7. The SMILES string of the molecule is CCCCOCCOCCOCCOCCOCCOCCC(C)=O. The van der Waals surface area contributed by atoms with Crippen LogP contribution in [0.15, 0.2) is 0 Å². The predicted molar refractivity (Wildman–Crippen MR) is 95.1 cm³/mol. The molecule has 0 N–H and O–H groups in total. The molecule has 0 amide bonds. The van der Waals surface area contributed by atoms with E-state index in [0.717, 1.165) is 19.4 Å². The summed E-state index contributed by atoms with van der Waals surface area (Å²) in [4.78, 5) is 10.7. The molecule has 0 fully saturated rings. The molecular weight excluding hydrogens is 328 g/mol. The fourth-order valence-corrected chi connectivity index (χ4v) is 1.66. The summed E-state index contributed by atoms with van der Waals surface area (Å²) in [6, 6.07) is 0. The van der Waals surface area contributed by atoms with Gasteiger partial charge in [0.25, 0.3) is 0 Å². The van der Waals surface area contributed by atoms with Gasteiger partial charge >= 0.3 is 0 Å². The number of Topliss-reactive ketones (excluding diaryl/α,β-unsaturated/α-hetero) is 1. The van der Waals surface area contributed by atoms with Gasteiger partial charge in [-0.3, -0.25) is 4.79 Å². The first-order valence-corrected chi connectivity index (χ1v) is 9.23. The molecule has 0 unspecified atom stereocenters. The molecule has 0 atom stereocenters. The maximum atomic E-state index is 10.7. The summed E-state index contributed by atoms with van der Waals surface area (Å²) in [5, 5.41) is 0. The highest BCUT2D eigenvalue weighted by Gasteiger charge is 1.95. The molecule has 0 aromatic carbocycles. The molecule has 7 nitrogen and oxygen atoms in total. The van der Waals surface area contributed by atoms with Crippen LogP contribution in [0.5, 0.6) is 0 Å². The van der Waals surface area contributed by atoms with E-state index >= 15 is 0 Å². The van der Waals surface area contributed by atoms with Crippen molar-refractivity contribution in [2.75, 3.05) is 79.3 Å². The van der Waals surface area contributed by atoms with Crippen molar-refractivity contribution in [3.8, 4) is 0 Å². The molecule has 0 aliphatic carbocycles. The zero-order chi connectivity index (χ0) is 18.4. The third-order valence-electron chi connectivity index (χ3n) is 3.10. The molecule has 0 aromatic rings. The number of unbranched alkanes of at least 4 members (excludes halogenated alkanes) is 1. The van der Waals surface area contributed by atoms with Crippen LogP contribution in [0.1, 0.15) is 33.1 Å². The summed E-state index contributed by atoms with van der Waals surface area (Å²) in [5.41, 5.74) is 0. The fraction of sp³-hybridized carbons (Fsp3) is 0.944. The Balaban J connectivity index is 2.97. The summed E-state index contributed by atoms with van der Waals surface area (Å²) in [5.74, 6) is 0.138. The minimum Gasteiger partial charge on any atom is -0.379 e. The number of ketones is 1. The highest BCUT2D eigenvalue weighted by Crippen LogP contribution is 1.88. The van der Waals surface area contributed by atoms with Crippen LogP contribution in [0.3, 0.4) is 0 Å². The molecule has 0 aliphatic rings. The molecule has 25 heavy (non-hydrogen) atoms. The smallest absolute Gasteiger partial charge is 0.132 e. The van der Waals surface area contributed by atoms with Gasteiger partial charge in [-0.15, -0.1) is 0 Å². The first kappa shape index (κ1) is 24.4. The van der Waals surface area contributed by atoms with Gasteiger partial charge in [0.1, 0.15) is 5.78 Å². The third kappa shape index (κ3) is 23.4. The summed E-state index contributed by atoms with van der Waals surface area (Å²) >= 11 is 0. The molecule has 0 spiro atoms. The molecule has 0 saturated heterocycles. The Bertz CT molecular complexity index is 274. The third-order valence-corrected chi connectivity index (χ3v) is 3.10. The first-order valence-electron chi connectivity index (χ1n) is 9.23. The van der Waals surface area contributed by atoms with Crippen LogP contribution < -0.4 is 0 Å². The van der Waals surface area contributed by atoms with Crippen LogP contribution in [0.2, 0.25) is 0 Å². The second-order valence-corrected chi connectivity index (χ2v) is 5.48. The topological polar surface area (TPSA) is 72.5 Å². The molecule has 7 heteroatoms. The van der Waals surface area contributed by atoms with Crippen LogP contribution in [0.4, 0.5) is 0 Å². The maximum Gasteiger partial charge on any atom is 0.132 e. The number of carbonyl (C=O) groups excluding carboxylic acids is 1. The Hall–Kier alpha value is -0.570. The Morgan fingerprint density at radius 3 is 1.20 bits per heavy atom. The Kier molecular flexibility index (Phi) is 21.0. The zero-order valence-corrected chi connectivity index (χ0v) is 16.0. The normalized spacial score (nSPS) is 11.1. The van der Waals surface area contributed by atoms with Crippen molar-refractivity contribution in [2.45, 2.75) is 33.1 Å². The van der Waals surface area contributed by atoms with Gasteiger partial charge in [0.2, 0.25) is 0 Å². The van der Waals surface area contributed by atoms with E-state index in [1.165, 1.54) is 0 Å². The summed E-state index contributed by atoms with van der Waals surface area (Å²) in [6.45, 7) is 10.5. The van der Waals surface area contributed by atoms with E-state index in [0.29, 0.717) is 79.1 Å². The quantitative estimate of drug-likeness (QED) is 0.288. The highest BCUT2D eigenvalue weighted by molar-refractivity contribution is 5.75. The minimum atomic E-state index is 0.138. The predicted octanol–water partition coefficient (Wildman–Crippen LogP) is 1.87. The number of carbonyl (C=O) groups is 1. The van der Waals surface area contributed by atoms with E-state index in [1.807, 2.05) is 0 Å². The van der Waals surface area contributed by atoms with Crippen molar-refractivity contribution in [1.29, 1.82) is 0 Å². The van der Waals surface area contributed by atoms with Crippen molar-refractivity contribution in [2.24, 2.45) is 0 Å². The van der Waals surface area contributed by atoms with E-state index in [4.69, 9.17) is 28.4 Å². The number of hydrogen-bond acceptors (Lipinski definition) is 7. The van der Waals surface area contributed by atoms with Gasteiger partial charge < -0.3 is 28.4 Å². The summed E-state index contributed by atoms with van der Waals surface area (Å²) in [6.07, 6.45) is 2.71. The van der Waals surface area contributed by atoms with Crippen molar-refractivity contribution in [3.05, 3.63) is 0 Å². The van der Waals surface area contributed by atoms with Gasteiger partial charge in [0.05, 0.1) is 72.7 Å². The Morgan fingerprint density at radius 1 is 0.560 bits per heavy atom. The van der Waals surface area contributed by atoms with Gasteiger partial charge in [-0.25, -0.2) is 0 Å². The lowest BCUT2D eigenvalue weighted by atomic mass is 10.3. The average Bonchev–Trinajstić information content (AvgIpc) is 2.60. The Labute approximate surface area is 152 Å². The average molecular weight is 364 g/mol. The number of ether oxygens (including phenoxy) is 6. The monoisotopic (exact) mass is 364 g/mol. The summed E-state index contributed by atoms with van der Waals surface area (Å²) < 4.78 is 32.1. The van der Waals surface area contributed by atoms with Crippen LogP contribution in [0, 0.1) is 0 Å². The standard InChI is InChI=1S/C18H36O7/c1-3-4-6-20-8-10-22-12-14-24-16-17-25-15-13-23-11-9-21-7-5-18(2)19/h3-17H2,1-2H3. The number of rotatable bonds is 21. The summed E-state index contributed by atoms with van der Waals surface area (Å²) in [7, 11) is 0. The molecule has 0 saturated carbocycles. The number of hydrogen-bond donors (Lipinski definition) is 0. The van der Waals surface area contributed by atoms with Crippen LogP contribution >= 0.6 is 0 Å². The highest BCUT2D eigenvalue weighted by atomic mass is 16.6. The van der Waals surface area contributed by atoms with Crippen molar-refractivity contribution >= 4 is 5.78 Å². The Morgan fingerprint density at radius 2 is 0.880 bits per heavy atom. The lowest BCUT2D eigenvalue weighted by Gasteiger charge is -2.08. The molecule has 0 aliphatic heterocycles. The van der Waals surface area contributed by atoms with Crippen LogP contribution in [-0.4, -0.2) is 85.1 Å². The van der Waals surface area contributed by atoms with Gasteiger partial charge in [0, 0.05) is 13.0 Å². The molecule has 150 valence electrons. The minimum absolute atomic E-state index is 0.138. The van der Waals surface area contributed by atoms with E-state index in [2.05, 4.69) is 6.92 Å². The zero-order valence-electron chi connectivity index (χ0n) is 16.0. The molecule has 0 rings (SSSR count). The lowest BCUT2D eigenvalue weighted by Crippen LogP contribution is -2.14. The van der Waals surface area contributed by atoms with Crippen LogP contribution in [-0.2, 0) is 33.2 Å². The van der Waals surface area contributed by atoms with E-state index in [-0.39, 0.29) is 5.78 Å². The van der Waals surface area contributed by atoms with Gasteiger partial charge in [-0.2, -0.15) is 0 Å². The second-order valence-electron chi connectivity index (χ2n) is 5.48. The molecule has 0 heterocycles. The van der Waals surface area contributed by atoms with Crippen molar-refractivity contribution < 1.29 is 33.2 Å². The van der Waals surface area contributed by atoms with Crippen LogP contribution in [0.25, 0.3) is 0 Å². The molecule has 0 aromatic heterocycles. The molecule has 0 bridgehead atoms. The van der Waals surface area contributed by atoms with Crippen molar-refractivity contribution in [1.82, 2.24) is 0 Å². The molecule has 0 radical (unpaired) electrons. The second kappa shape index (κ2) is 21.5. The van der Waals surface area contributed by atoms with Gasteiger partial charge in [0.15, 0.2) is 0 Å². The van der Waals surface area contributed by atoms with E-state index in [9.17, 15) is 4.79 Å². The first-order chi connectivity index (χ1) is 12.3. The van der Waals surface area contributed by atoms with E-state index < -0.39 is 0 Å². The fourth-order valence-electron chi connectivity index (χ4n) is 1.66. The van der Waals surface area contributed by atoms with Gasteiger partial charge in [-0.1, -0.05) is 13.3 Å². The lowest BCUT2D eigenvalue weighted by molar-refractivity contribution is -0.118. The van der Waals surface area contributed by atoms with Crippen molar-refractivity contribution in [3.63, 3.8) is 0 Å². The van der Waals surface area contributed by atoms with E-state index in [1.54, 1.807) is 6.92 Å². The molecular formula is C18H36O7.